The zero-order chi connectivity index (χ0) is 21.8. The molecule has 3 N–H and O–H groups in total. The van der Waals surface area contributed by atoms with Gasteiger partial charge in [-0.2, -0.15) is 0 Å². The largest absolute Gasteiger partial charge is 0.541 e. The quantitative estimate of drug-likeness (QED) is 0.419. The molecule has 0 saturated carbocycles. The lowest BCUT2D eigenvalue weighted by Gasteiger charge is -2.12. The van der Waals surface area contributed by atoms with Crippen LogP contribution in [0.3, 0.4) is 0 Å². The number of amides is 1. The molecule has 0 saturated heterocycles. The molecule has 30 heavy (non-hydrogen) atoms. The van der Waals surface area contributed by atoms with E-state index in [1.54, 1.807) is 0 Å². The number of nitrogens with one attached hydrogen (secondary N) is 1. The topological polar surface area (TPSA) is 113 Å². The number of rotatable bonds is 13. The van der Waals surface area contributed by atoms with Gasteiger partial charge >= 0.3 is 14.0 Å². The molecule has 7 nitrogen and oxygen atoms in total. The van der Waals surface area contributed by atoms with Gasteiger partial charge in [0.25, 0.3) is 11.8 Å². The van der Waals surface area contributed by atoms with Crippen LogP contribution in [0, 0.1) is 0 Å². The van der Waals surface area contributed by atoms with Crippen molar-refractivity contribution in [2.75, 3.05) is 6.54 Å². The summed E-state index contributed by atoms with van der Waals surface area (Å²) in [4.78, 5) is 23.1. The number of aliphatic carboxylic acids is 1. The molecule has 0 aliphatic heterocycles. The van der Waals surface area contributed by atoms with E-state index in [-0.39, 0.29) is 25.8 Å². The van der Waals surface area contributed by atoms with Crippen LogP contribution in [0.15, 0.2) is 60.7 Å². The van der Waals surface area contributed by atoms with Crippen LogP contribution >= 0.6 is 8.03 Å². The number of benzene rings is 2. The predicted octanol–water partition coefficient (Wildman–Crippen LogP) is 3.29. The fourth-order valence-corrected chi connectivity index (χ4v) is 3.80. The van der Waals surface area contributed by atoms with E-state index in [1.165, 1.54) is 0 Å². The second kappa shape index (κ2) is 12.9. The lowest BCUT2D eigenvalue weighted by atomic mass is 10.1. The Kier molecular flexibility index (Phi) is 10.1. The van der Waals surface area contributed by atoms with E-state index in [2.05, 4.69) is 5.32 Å². The summed E-state index contributed by atoms with van der Waals surface area (Å²) in [6.07, 6.45) is 0.500. The van der Waals surface area contributed by atoms with Gasteiger partial charge in [0.15, 0.2) is 6.10 Å². The van der Waals surface area contributed by atoms with Crippen LogP contribution in [0.5, 0.6) is 0 Å². The third kappa shape index (κ3) is 8.82. The number of carboxylic acid groups (broad SMARTS) is 1. The lowest BCUT2D eigenvalue weighted by Crippen LogP contribution is -2.38. The molecular weight excluding hydrogens is 405 g/mol. The van der Waals surface area contributed by atoms with Crippen molar-refractivity contribution in [3.05, 3.63) is 71.8 Å². The van der Waals surface area contributed by atoms with Gasteiger partial charge in [-0.25, -0.2) is 0 Å². The van der Waals surface area contributed by atoms with Crippen molar-refractivity contribution in [2.24, 2.45) is 0 Å². The summed E-state index contributed by atoms with van der Waals surface area (Å²) in [5.74, 6) is -2.77. The van der Waals surface area contributed by atoms with Crippen molar-refractivity contribution in [2.45, 2.75) is 44.1 Å². The Hall–Kier alpha value is -2.60. The van der Waals surface area contributed by atoms with Crippen molar-refractivity contribution in [1.29, 1.82) is 0 Å². The maximum absolute atomic E-state index is 12.5. The molecule has 0 aromatic heterocycles. The van der Waals surface area contributed by atoms with E-state index >= 15 is 0 Å². The summed E-state index contributed by atoms with van der Waals surface area (Å²) in [6.45, 7) is -0.0563. The molecule has 2 aromatic carbocycles. The van der Waals surface area contributed by atoms with Gasteiger partial charge in [0, 0.05) is 19.4 Å². The van der Waals surface area contributed by atoms with Gasteiger partial charge in [-0.3, -0.25) is 9.59 Å². The first-order valence-corrected chi connectivity index (χ1v) is 11.1. The Morgan fingerprint density at radius 3 is 2.20 bits per heavy atom. The van der Waals surface area contributed by atoms with Crippen LogP contribution in [0.2, 0.25) is 0 Å². The van der Waals surface area contributed by atoms with E-state index in [0.29, 0.717) is 6.42 Å². The molecule has 160 valence electrons. The fraction of sp³-hybridized carbons (Fsp3) is 0.364. The van der Waals surface area contributed by atoms with Gasteiger partial charge < -0.3 is 15.5 Å². The minimum absolute atomic E-state index is 0.0563. The van der Waals surface area contributed by atoms with Crippen molar-refractivity contribution >= 4 is 19.9 Å². The van der Waals surface area contributed by atoms with E-state index in [0.717, 1.165) is 17.5 Å². The van der Waals surface area contributed by atoms with Crippen LogP contribution in [0.1, 0.15) is 30.4 Å². The molecule has 0 spiro atoms. The SMILES string of the molecule is O=C(O)CCNC(=O)C(Cc1ccccc1)O[P+](=O)[C@H](O)CCCc1ccccc1. The van der Waals surface area contributed by atoms with Crippen molar-refractivity contribution in [3.8, 4) is 0 Å². The van der Waals surface area contributed by atoms with Gasteiger partial charge in [-0.1, -0.05) is 60.7 Å². The van der Waals surface area contributed by atoms with Crippen LogP contribution in [-0.4, -0.2) is 40.6 Å². The summed E-state index contributed by atoms with van der Waals surface area (Å²) in [7, 11) is -2.49. The van der Waals surface area contributed by atoms with Gasteiger partial charge in [0.05, 0.1) is 6.42 Å². The second-order valence-electron chi connectivity index (χ2n) is 6.86. The number of aliphatic hydroxyl groups is 1. The molecule has 0 aliphatic carbocycles. The first kappa shape index (κ1) is 23.7. The van der Waals surface area contributed by atoms with Crippen LogP contribution < -0.4 is 5.32 Å². The normalized spacial score (nSPS) is 13.3. The molecule has 1 amide bonds. The van der Waals surface area contributed by atoms with Crippen LogP contribution in [-0.2, 0) is 31.5 Å². The molecule has 0 bridgehead atoms. The maximum Gasteiger partial charge on any atom is 0.541 e. The number of carbonyl (C=O) groups is 2. The number of hydrogen-bond acceptors (Lipinski definition) is 5. The van der Waals surface area contributed by atoms with E-state index < -0.39 is 31.9 Å². The monoisotopic (exact) mass is 432 g/mol. The zero-order valence-electron chi connectivity index (χ0n) is 16.6. The number of aryl methyl sites for hydroxylation is 1. The molecule has 2 unspecified atom stereocenters. The lowest BCUT2D eigenvalue weighted by molar-refractivity contribution is -0.137. The van der Waals surface area contributed by atoms with E-state index in [1.807, 2.05) is 60.7 Å². The molecule has 0 fully saturated rings. The summed E-state index contributed by atoms with van der Waals surface area (Å²) < 4.78 is 17.9. The van der Waals surface area contributed by atoms with Crippen molar-refractivity contribution in [1.82, 2.24) is 5.32 Å². The van der Waals surface area contributed by atoms with Gasteiger partial charge in [0.1, 0.15) is 0 Å². The summed E-state index contributed by atoms with van der Waals surface area (Å²) >= 11 is 0. The maximum atomic E-state index is 12.5. The highest BCUT2D eigenvalue weighted by molar-refractivity contribution is 7.39. The van der Waals surface area contributed by atoms with Crippen molar-refractivity contribution in [3.63, 3.8) is 0 Å². The molecule has 8 heteroatoms. The van der Waals surface area contributed by atoms with Gasteiger partial charge in [-0.05, 0) is 28.5 Å². The minimum Gasteiger partial charge on any atom is -0.481 e. The van der Waals surface area contributed by atoms with Crippen LogP contribution in [0.25, 0.3) is 0 Å². The fourth-order valence-electron chi connectivity index (χ4n) is 2.85. The average molecular weight is 432 g/mol. The third-order valence-electron chi connectivity index (χ3n) is 4.44. The molecule has 2 rings (SSSR count). The molecule has 0 heterocycles. The number of aliphatic hydroxyl groups excluding tert-OH is 1. The van der Waals surface area contributed by atoms with Crippen LogP contribution in [0.4, 0.5) is 0 Å². The number of carbonyl (C=O) groups excluding carboxylic acids is 1. The molecule has 0 radical (unpaired) electrons. The predicted molar refractivity (Wildman–Crippen MR) is 113 cm³/mol. The Bertz CT molecular complexity index is 815. The molecular formula is C22H27NO6P+. The zero-order valence-corrected chi connectivity index (χ0v) is 17.5. The Balaban J connectivity index is 1.90. The second-order valence-corrected chi connectivity index (χ2v) is 8.24. The number of carboxylic acids is 1. The smallest absolute Gasteiger partial charge is 0.481 e. The first-order valence-electron chi connectivity index (χ1n) is 9.84. The summed E-state index contributed by atoms with van der Waals surface area (Å²) in [5, 5.41) is 21.4. The first-order chi connectivity index (χ1) is 14.5. The summed E-state index contributed by atoms with van der Waals surface area (Å²) in [6, 6.07) is 18.9. The Morgan fingerprint density at radius 2 is 1.60 bits per heavy atom. The molecule has 3 atom stereocenters. The minimum atomic E-state index is -2.49. The highest BCUT2D eigenvalue weighted by Crippen LogP contribution is 2.33. The van der Waals surface area contributed by atoms with Crippen molar-refractivity contribution < 1.29 is 28.9 Å². The Labute approximate surface area is 177 Å². The molecule has 0 aliphatic rings. The highest BCUT2D eigenvalue weighted by atomic mass is 31.1. The number of hydrogen-bond donors (Lipinski definition) is 3. The summed E-state index contributed by atoms with van der Waals surface area (Å²) in [5.41, 5.74) is 1.93. The van der Waals surface area contributed by atoms with Gasteiger partial charge in [0.2, 0.25) is 0 Å². The highest BCUT2D eigenvalue weighted by Gasteiger charge is 2.36. The third-order valence-corrected chi connectivity index (χ3v) is 5.65. The molecule has 2 aromatic rings. The van der Waals surface area contributed by atoms with Gasteiger partial charge in [-0.15, -0.1) is 4.52 Å². The standard InChI is InChI=1S/C22H26NO6P/c24-20(25)14-15-23-22(27)19(16-18-10-5-2-6-11-18)29-30(28)21(26)13-7-12-17-8-3-1-4-9-17/h1-6,8-11,19,21,26H,7,12-16H2,(H-,23,24,25,27)/p+1/t19?,21-/m0/s1. The average Bonchev–Trinajstić information content (AvgIpc) is 2.74. The van der Waals surface area contributed by atoms with E-state index in [4.69, 9.17) is 9.63 Å². The van der Waals surface area contributed by atoms with E-state index in [9.17, 15) is 19.3 Å². The Morgan fingerprint density at radius 1 is 1.00 bits per heavy atom.